The van der Waals surface area contributed by atoms with Gasteiger partial charge in [-0.2, -0.15) is 0 Å². The minimum atomic E-state index is -1.69. The average Bonchev–Trinajstić information content (AvgIpc) is 3.63. The molecule has 0 spiro atoms. The summed E-state index contributed by atoms with van der Waals surface area (Å²) in [6, 6.07) is 9.60. The number of primary amides is 1. The number of rotatable bonds is 7. The number of hydrogen-bond acceptors (Lipinski definition) is 8. The highest BCUT2D eigenvalue weighted by atomic mass is 32.1. The molecule has 0 bridgehead atoms. The van der Waals surface area contributed by atoms with E-state index in [4.69, 9.17) is 10.3 Å². The van der Waals surface area contributed by atoms with Crippen molar-refractivity contribution in [3.8, 4) is 21.8 Å². The van der Waals surface area contributed by atoms with Crippen molar-refractivity contribution in [1.29, 1.82) is 0 Å². The molecule has 2 aliphatic rings. The lowest BCUT2D eigenvalue weighted by Gasteiger charge is -2.16. The highest BCUT2D eigenvalue weighted by Crippen LogP contribution is 2.36. The Morgan fingerprint density at radius 2 is 2.09 bits per heavy atom. The lowest BCUT2D eigenvalue weighted by Crippen LogP contribution is -2.35. The van der Waals surface area contributed by atoms with E-state index in [1.54, 1.807) is 13.1 Å². The number of nitrogens with zero attached hydrogens (tertiary/aromatic N) is 3. The zero-order valence-corrected chi connectivity index (χ0v) is 19.7. The normalized spacial score (nSPS) is 21.0. The zero-order chi connectivity index (χ0) is 23.9. The van der Waals surface area contributed by atoms with Gasteiger partial charge in [-0.1, -0.05) is 36.2 Å². The largest absolute Gasteiger partial charge is 0.373 e. The molecule has 0 radical (unpaired) electrons. The van der Waals surface area contributed by atoms with Crippen LogP contribution in [-0.4, -0.2) is 51.6 Å². The van der Waals surface area contributed by atoms with E-state index in [1.165, 1.54) is 29.1 Å². The lowest BCUT2D eigenvalue weighted by atomic mass is 9.98. The molecular weight excluding hydrogens is 454 g/mol. The van der Waals surface area contributed by atoms with Gasteiger partial charge in [0, 0.05) is 49.8 Å². The molecule has 178 valence electrons. The molecule has 1 atom stereocenters. The summed E-state index contributed by atoms with van der Waals surface area (Å²) >= 11 is 1.45. The van der Waals surface area contributed by atoms with Crippen molar-refractivity contribution in [3.05, 3.63) is 46.7 Å². The second-order valence-corrected chi connectivity index (χ2v) is 10.1. The summed E-state index contributed by atoms with van der Waals surface area (Å²) < 4.78 is 5.38. The van der Waals surface area contributed by atoms with E-state index in [-0.39, 0.29) is 12.2 Å². The van der Waals surface area contributed by atoms with E-state index in [0.29, 0.717) is 35.5 Å². The van der Waals surface area contributed by atoms with Crippen LogP contribution in [0.3, 0.4) is 0 Å². The maximum absolute atomic E-state index is 12.4. The van der Waals surface area contributed by atoms with Gasteiger partial charge in [-0.05, 0) is 18.9 Å². The number of nitrogens with one attached hydrogen (secondary N) is 1. The number of nitrogens with two attached hydrogens (primary N) is 1. The number of aliphatic hydroxyl groups is 1. The van der Waals surface area contributed by atoms with Crippen LogP contribution in [0.25, 0.3) is 21.8 Å². The fourth-order valence-electron chi connectivity index (χ4n) is 4.65. The van der Waals surface area contributed by atoms with E-state index < -0.39 is 17.4 Å². The van der Waals surface area contributed by atoms with E-state index >= 15 is 0 Å². The molecule has 1 aromatic carbocycles. The molecule has 3 aromatic rings. The highest BCUT2D eigenvalue weighted by Gasteiger charge is 2.48. The van der Waals surface area contributed by atoms with Crippen molar-refractivity contribution in [1.82, 2.24) is 20.4 Å². The summed E-state index contributed by atoms with van der Waals surface area (Å²) in [5.74, 6) is -0.806. The first-order chi connectivity index (χ1) is 16.3. The number of amides is 2. The number of carbonyl (C=O) groups is 2. The van der Waals surface area contributed by atoms with Gasteiger partial charge in [0.05, 0.1) is 4.88 Å². The van der Waals surface area contributed by atoms with Gasteiger partial charge in [0.15, 0.2) is 5.76 Å². The van der Waals surface area contributed by atoms with Crippen molar-refractivity contribution < 1.29 is 19.2 Å². The number of aromatic nitrogens is 2. The summed E-state index contributed by atoms with van der Waals surface area (Å²) in [5.41, 5.74) is 6.28. The van der Waals surface area contributed by atoms with Crippen LogP contribution in [-0.2, 0) is 16.9 Å². The van der Waals surface area contributed by atoms with E-state index in [0.717, 1.165) is 28.8 Å². The van der Waals surface area contributed by atoms with Gasteiger partial charge in [-0.15, -0.1) is 11.3 Å². The SMILES string of the molecule is CN1CCC(O)(c2cc(-c3cccc(-c4nc(C(N)=O)c(CNC5CCCC5)s4)c3)no2)C1=O. The quantitative estimate of drug-likeness (QED) is 0.472. The maximum atomic E-state index is 12.4. The third kappa shape index (κ3) is 4.13. The van der Waals surface area contributed by atoms with E-state index in [9.17, 15) is 14.7 Å². The fraction of sp³-hybridized carbons (Fsp3) is 0.417. The monoisotopic (exact) mass is 481 g/mol. The Labute approximate surface area is 201 Å². The van der Waals surface area contributed by atoms with Crippen molar-refractivity contribution in [2.75, 3.05) is 13.6 Å². The molecule has 34 heavy (non-hydrogen) atoms. The molecular formula is C24H27N5O4S. The van der Waals surface area contributed by atoms with Crippen LogP contribution in [0.4, 0.5) is 0 Å². The molecule has 2 aromatic heterocycles. The highest BCUT2D eigenvalue weighted by molar-refractivity contribution is 7.15. The molecule has 4 N–H and O–H groups in total. The first-order valence-electron chi connectivity index (χ1n) is 11.4. The molecule has 1 aliphatic carbocycles. The van der Waals surface area contributed by atoms with Gasteiger partial charge in [0.2, 0.25) is 5.60 Å². The summed E-state index contributed by atoms with van der Waals surface area (Å²) in [7, 11) is 1.65. The van der Waals surface area contributed by atoms with Gasteiger partial charge >= 0.3 is 0 Å². The number of hydrogen-bond donors (Lipinski definition) is 3. The van der Waals surface area contributed by atoms with Gasteiger partial charge in [-0.3, -0.25) is 9.59 Å². The smallest absolute Gasteiger partial charge is 0.268 e. The molecule has 3 heterocycles. The predicted octanol–water partition coefficient (Wildman–Crippen LogP) is 2.65. The third-order valence-corrected chi connectivity index (χ3v) is 7.77. The third-order valence-electron chi connectivity index (χ3n) is 6.67. The van der Waals surface area contributed by atoms with Gasteiger partial charge < -0.3 is 25.6 Å². The zero-order valence-electron chi connectivity index (χ0n) is 18.9. The minimum Gasteiger partial charge on any atom is -0.373 e. The van der Waals surface area contributed by atoms with Gasteiger partial charge in [-0.25, -0.2) is 4.98 Å². The fourth-order valence-corrected chi connectivity index (χ4v) is 5.67. The summed E-state index contributed by atoms with van der Waals surface area (Å²) in [5, 5.41) is 19.1. The number of carbonyl (C=O) groups excluding carboxylic acids is 2. The molecule has 1 unspecified atom stereocenters. The molecule has 10 heteroatoms. The number of likely N-dealkylation sites (tertiary alicyclic amines) is 1. The summed E-state index contributed by atoms with van der Waals surface area (Å²) in [6.07, 6.45) is 5.01. The van der Waals surface area contributed by atoms with Crippen LogP contribution in [0.2, 0.25) is 0 Å². The van der Waals surface area contributed by atoms with Crippen LogP contribution in [0.5, 0.6) is 0 Å². The Bertz CT molecular complexity index is 1230. The van der Waals surface area contributed by atoms with Crippen molar-refractivity contribution in [2.24, 2.45) is 5.73 Å². The Morgan fingerprint density at radius 3 is 2.79 bits per heavy atom. The van der Waals surface area contributed by atoms with E-state index in [1.807, 2.05) is 24.3 Å². The standard InChI is InChI=1S/C24H27N5O4S/c1-29-10-9-24(32,23(29)31)19-12-17(28-33-19)14-5-4-6-15(11-14)22-27-20(21(25)30)18(34-22)13-26-16-7-2-3-8-16/h4-6,11-12,16,26,32H,2-3,7-10,13H2,1H3,(H2,25,30). The van der Waals surface area contributed by atoms with Crippen molar-refractivity contribution in [3.63, 3.8) is 0 Å². The van der Waals surface area contributed by atoms with Crippen LogP contribution in [0.1, 0.15) is 53.2 Å². The molecule has 1 saturated carbocycles. The van der Waals surface area contributed by atoms with Gasteiger partial charge in [0.1, 0.15) is 16.4 Å². The van der Waals surface area contributed by atoms with Crippen LogP contribution >= 0.6 is 11.3 Å². The minimum absolute atomic E-state index is 0.132. The van der Waals surface area contributed by atoms with Crippen molar-refractivity contribution >= 4 is 23.2 Å². The van der Waals surface area contributed by atoms with Crippen molar-refractivity contribution in [2.45, 2.75) is 50.3 Å². The molecule has 5 rings (SSSR count). The Hall–Kier alpha value is -3.08. The molecule has 1 saturated heterocycles. The van der Waals surface area contributed by atoms with Crippen LogP contribution in [0, 0.1) is 0 Å². The Kier molecular flexibility index (Phi) is 5.97. The van der Waals surface area contributed by atoms with Crippen LogP contribution < -0.4 is 11.1 Å². The molecule has 9 nitrogen and oxygen atoms in total. The van der Waals surface area contributed by atoms with Gasteiger partial charge in [0.25, 0.3) is 11.8 Å². The lowest BCUT2D eigenvalue weighted by molar-refractivity contribution is -0.144. The molecule has 1 aliphatic heterocycles. The molecule has 2 fully saturated rings. The number of likely N-dealkylation sites (N-methyl/N-ethyl adjacent to an activating group) is 1. The first kappa shape index (κ1) is 22.7. The second-order valence-electron chi connectivity index (χ2n) is 9.01. The second kappa shape index (κ2) is 8.94. The predicted molar refractivity (Wildman–Crippen MR) is 127 cm³/mol. The summed E-state index contributed by atoms with van der Waals surface area (Å²) in [6.45, 7) is 1.01. The Morgan fingerprint density at radius 1 is 1.32 bits per heavy atom. The first-order valence-corrected chi connectivity index (χ1v) is 12.3. The topological polar surface area (TPSA) is 135 Å². The average molecular weight is 482 g/mol. The number of benzene rings is 1. The van der Waals surface area contributed by atoms with Crippen LogP contribution in [0.15, 0.2) is 34.9 Å². The maximum Gasteiger partial charge on any atom is 0.268 e. The summed E-state index contributed by atoms with van der Waals surface area (Å²) in [4.78, 5) is 31.2. The number of thiazole rings is 1. The Balaban J connectivity index is 1.40. The molecule has 2 amide bonds. The van der Waals surface area contributed by atoms with E-state index in [2.05, 4.69) is 15.5 Å².